The lowest BCUT2D eigenvalue weighted by molar-refractivity contribution is -0.115. The van der Waals surface area contributed by atoms with Gasteiger partial charge in [-0.25, -0.2) is 9.37 Å². The summed E-state index contributed by atoms with van der Waals surface area (Å²) in [5, 5.41) is 12.6. The first-order chi connectivity index (χ1) is 14.5. The number of phenolic OH excluding ortho intramolecular Hbond substituents is 1. The van der Waals surface area contributed by atoms with Crippen LogP contribution in [0.3, 0.4) is 0 Å². The van der Waals surface area contributed by atoms with Crippen LogP contribution < -0.4 is 5.32 Å². The van der Waals surface area contributed by atoms with E-state index in [4.69, 9.17) is 4.42 Å². The Morgan fingerprint density at radius 2 is 1.77 bits per heavy atom. The van der Waals surface area contributed by atoms with E-state index in [2.05, 4.69) is 22.9 Å². The molecule has 2 N–H and O–H groups in total. The SMILES string of the molecule is O=C(Cc1ccc(F)cc1O)Nc1oc(-c2ccc(S)cc2)nc1-c1ccccc1. The molecule has 0 aliphatic carbocycles. The van der Waals surface area contributed by atoms with Crippen molar-refractivity contribution in [2.24, 2.45) is 0 Å². The third-order valence-electron chi connectivity index (χ3n) is 4.44. The molecule has 0 aliphatic heterocycles. The summed E-state index contributed by atoms with van der Waals surface area (Å²) in [6.45, 7) is 0. The number of benzene rings is 3. The number of carbonyl (C=O) groups is 1. The molecule has 0 saturated heterocycles. The van der Waals surface area contributed by atoms with Crippen LogP contribution in [0.5, 0.6) is 5.75 Å². The van der Waals surface area contributed by atoms with E-state index in [1.54, 1.807) is 0 Å². The number of anilines is 1. The number of nitrogens with zero attached hydrogens (tertiary/aromatic N) is 1. The number of aromatic hydroxyl groups is 1. The summed E-state index contributed by atoms with van der Waals surface area (Å²) < 4.78 is 19.0. The standard InChI is InChI=1S/C23H17FN2O3S/c24-17-9-6-16(19(27)13-17)12-20(28)25-23-21(14-4-2-1-3-5-14)26-22(29-23)15-7-10-18(30)11-8-15/h1-11,13,27,30H,12H2,(H,25,28). The maximum absolute atomic E-state index is 13.2. The van der Waals surface area contributed by atoms with Crippen molar-refractivity contribution in [1.82, 2.24) is 4.98 Å². The minimum atomic E-state index is -0.574. The summed E-state index contributed by atoms with van der Waals surface area (Å²) >= 11 is 4.28. The Morgan fingerprint density at radius 3 is 2.47 bits per heavy atom. The molecule has 4 rings (SSSR count). The van der Waals surface area contributed by atoms with Crippen molar-refractivity contribution in [3.8, 4) is 28.5 Å². The molecule has 0 atom stereocenters. The van der Waals surface area contributed by atoms with E-state index in [0.717, 1.165) is 22.1 Å². The van der Waals surface area contributed by atoms with Crippen molar-refractivity contribution in [1.29, 1.82) is 0 Å². The molecular weight excluding hydrogens is 403 g/mol. The second kappa shape index (κ2) is 8.42. The van der Waals surface area contributed by atoms with Crippen LogP contribution >= 0.6 is 12.6 Å². The highest BCUT2D eigenvalue weighted by molar-refractivity contribution is 7.80. The van der Waals surface area contributed by atoms with Crippen molar-refractivity contribution in [2.75, 3.05) is 5.32 Å². The lowest BCUT2D eigenvalue weighted by Gasteiger charge is -2.06. The topological polar surface area (TPSA) is 75.4 Å². The molecule has 0 radical (unpaired) electrons. The number of thiol groups is 1. The Bertz CT molecular complexity index is 1190. The first-order valence-electron chi connectivity index (χ1n) is 9.12. The lowest BCUT2D eigenvalue weighted by Crippen LogP contribution is -2.14. The summed E-state index contributed by atoms with van der Waals surface area (Å²) in [6, 6.07) is 20.1. The van der Waals surface area contributed by atoms with Gasteiger partial charge in [-0.15, -0.1) is 12.6 Å². The van der Waals surface area contributed by atoms with Crippen molar-refractivity contribution in [2.45, 2.75) is 11.3 Å². The maximum Gasteiger partial charge on any atom is 0.231 e. The van der Waals surface area contributed by atoms with Crippen molar-refractivity contribution in [3.05, 3.63) is 84.2 Å². The number of aromatic nitrogens is 1. The fourth-order valence-electron chi connectivity index (χ4n) is 2.95. The van der Waals surface area contributed by atoms with Gasteiger partial charge in [0.25, 0.3) is 0 Å². The van der Waals surface area contributed by atoms with Crippen molar-refractivity contribution < 1.29 is 18.7 Å². The van der Waals surface area contributed by atoms with Crippen molar-refractivity contribution >= 4 is 24.4 Å². The minimum absolute atomic E-state index is 0.148. The Labute approximate surface area is 177 Å². The lowest BCUT2D eigenvalue weighted by atomic mass is 10.1. The summed E-state index contributed by atoms with van der Waals surface area (Å²) in [4.78, 5) is 18.0. The van der Waals surface area contributed by atoms with Crippen LogP contribution in [0.4, 0.5) is 10.3 Å². The first-order valence-corrected chi connectivity index (χ1v) is 9.57. The van der Waals surface area contributed by atoms with Gasteiger partial charge in [0, 0.05) is 27.7 Å². The molecule has 1 heterocycles. The number of nitrogens with one attached hydrogen (secondary N) is 1. The molecule has 1 amide bonds. The molecule has 150 valence electrons. The van der Waals surface area contributed by atoms with E-state index in [1.807, 2.05) is 54.6 Å². The monoisotopic (exact) mass is 420 g/mol. The van der Waals surface area contributed by atoms with Gasteiger partial charge in [0.1, 0.15) is 17.3 Å². The molecule has 0 fully saturated rings. The maximum atomic E-state index is 13.2. The molecule has 30 heavy (non-hydrogen) atoms. The number of hydrogen-bond donors (Lipinski definition) is 3. The van der Waals surface area contributed by atoms with E-state index < -0.39 is 11.7 Å². The number of hydrogen-bond acceptors (Lipinski definition) is 5. The van der Waals surface area contributed by atoms with Crippen LogP contribution in [0, 0.1) is 5.82 Å². The van der Waals surface area contributed by atoms with E-state index in [0.29, 0.717) is 17.1 Å². The predicted octanol–water partition coefficient (Wildman–Crippen LogP) is 5.32. The molecule has 3 aromatic carbocycles. The van der Waals surface area contributed by atoms with Gasteiger partial charge >= 0.3 is 0 Å². The normalized spacial score (nSPS) is 10.7. The van der Waals surface area contributed by atoms with Gasteiger partial charge in [-0.2, -0.15) is 0 Å². The highest BCUT2D eigenvalue weighted by Crippen LogP contribution is 2.33. The number of halogens is 1. The molecule has 0 unspecified atom stereocenters. The van der Waals surface area contributed by atoms with Crippen LogP contribution in [-0.4, -0.2) is 16.0 Å². The predicted molar refractivity (Wildman–Crippen MR) is 115 cm³/mol. The Balaban J connectivity index is 1.65. The number of amides is 1. The molecule has 7 heteroatoms. The van der Waals surface area contributed by atoms with Crippen LogP contribution in [0.15, 0.2) is 82.1 Å². The molecule has 0 aliphatic rings. The minimum Gasteiger partial charge on any atom is -0.508 e. The quantitative estimate of drug-likeness (QED) is 0.382. The smallest absolute Gasteiger partial charge is 0.231 e. The average molecular weight is 420 g/mol. The number of oxazole rings is 1. The van der Waals surface area contributed by atoms with Gasteiger partial charge in [-0.05, 0) is 30.3 Å². The van der Waals surface area contributed by atoms with Crippen LogP contribution in [0.25, 0.3) is 22.7 Å². The van der Waals surface area contributed by atoms with Gasteiger partial charge in [0.15, 0.2) is 0 Å². The molecule has 5 nitrogen and oxygen atoms in total. The van der Waals surface area contributed by atoms with E-state index >= 15 is 0 Å². The first kappa shape index (κ1) is 19.7. The second-order valence-electron chi connectivity index (χ2n) is 6.61. The summed E-state index contributed by atoms with van der Waals surface area (Å²) in [7, 11) is 0. The Hall–Kier alpha value is -3.58. The second-order valence-corrected chi connectivity index (χ2v) is 7.12. The zero-order valence-corrected chi connectivity index (χ0v) is 16.6. The zero-order valence-electron chi connectivity index (χ0n) is 15.7. The fourth-order valence-corrected chi connectivity index (χ4v) is 3.10. The Kier molecular flexibility index (Phi) is 5.54. The molecule has 0 bridgehead atoms. The molecule has 1 aromatic heterocycles. The molecule has 0 spiro atoms. The van der Waals surface area contributed by atoms with Gasteiger partial charge in [-0.3, -0.25) is 10.1 Å². The van der Waals surface area contributed by atoms with Crippen LogP contribution in [0.1, 0.15) is 5.56 Å². The van der Waals surface area contributed by atoms with Gasteiger partial charge in [-0.1, -0.05) is 36.4 Å². The van der Waals surface area contributed by atoms with Crippen LogP contribution in [0.2, 0.25) is 0 Å². The van der Waals surface area contributed by atoms with E-state index in [-0.39, 0.29) is 18.1 Å². The third kappa shape index (κ3) is 4.36. The number of rotatable bonds is 5. The average Bonchev–Trinajstić information content (AvgIpc) is 3.15. The third-order valence-corrected chi connectivity index (χ3v) is 4.74. The fraction of sp³-hybridized carbons (Fsp3) is 0.0435. The molecular formula is C23H17FN2O3S. The van der Waals surface area contributed by atoms with Crippen LogP contribution in [-0.2, 0) is 11.2 Å². The Morgan fingerprint density at radius 1 is 1.03 bits per heavy atom. The van der Waals surface area contributed by atoms with Crippen molar-refractivity contribution in [3.63, 3.8) is 0 Å². The zero-order chi connectivity index (χ0) is 21.1. The summed E-state index contributed by atoms with van der Waals surface area (Å²) in [6.07, 6.45) is -0.148. The largest absolute Gasteiger partial charge is 0.508 e. The molecule has 4 aromatic rings. The number of phenols is 1. The van der Waals surface area contributed by atoms with Gasteiger partial charge in [0.05, 0.1) is 6.42 Å². The molecule has 0 saturated carbocycles. The van der Waals surface area contributed by atoms with Gasteiger partial charge in [0.2, 0.25) is 17.7 Å². The van der Waals surface area contributed by atoms with E-state index in [9.17, 15) is 14.3 Å². The summed E-state index contributed by atoms with van der Waals surface area (Å²) in [5.74, 6) is -0.740. The highest BCUT2D eigenvalue weighted by Gasteiger charge is 2.19. The van der Waals surface area contributed by atoms with Gasteiger partial charge < -0.3 is 9.52 Å². The highest BCUT2D eigenvalue weighted by atomic mass is 32.1. The summed E-state index contributed by atoms with van der Waals surface area (Å²) in [5.41, 5.74) is 2.30. The van der Waals surface area contributed by atoms with E-state index in [1.165, 1.54) is 12.1 Å². The number of carbonyl (C=O) groups excluding carboxylic acids is 1.